The highest BCUT2D eigenvalue weighted by Crippen LogP contribution is 2.22. The molecule has 5 heteroatoms. The lowest BCUT2D eigenvalue weighted by molar-refractivity contribution is -0.117. The summed E-state index contributed by atoms with van der Waals surface area (Å²) in [5, 5.41) is 7.10. The Hall–Kier alpha value is -1.98. The molecule has 2 N–H and O–H groups in total. The monoisotopic (exact) mass is 271 g/mol. The maximum Gasteiger partial charge on any atom is 0.241 e. The second-order valence-corrected chi connectivity index (χ2v) is 4.92. The molecule has 1 aliphatic heterocycles. The summed E-state index contributed by atoms with van der Waals surface area (Å²) < 4.78 is 5.26. The molecule has 2 atom stereocenters. The van der Waals surface area contributed by atoms with Crippen molar-refractivity contribution in [1.82, 2.24) is 10.3 Å². The molecule has 2 unspecified atom stereocenters. The van der Waals surface area contributed by atoms with Crippen LogP contribution in [0.4, 0.5) is 5.69 Å². The Balaban J connectivity index is 1.78. The van der Waals surface area contributed by atoms with Crippen LogP contribution in [0.2, 0.25) is 0 Å². The van der Waals surface area contributed by atoms with Crippen LogP contribution >= 0.6 is 0 Å². The van der Waals surface area contributed by atoms with Crippen LogP contribution in [0.25, 0.3) is 10.9 Å². The van der Waals surface area contributed by atoms with E-state index in [4.69, 9.17) is 4.74 Å². The van der Waals surface area contributed by atoms with E-state index in [9.17, 15) is 4.79 Å². The Labute approximate surface area is 117 Å². The van der Waals surface area contributed by atoms with E-state index in [-0.39, 0.29) is 18.1 Å². The fourth-order valence-corrected chi connectivity index (χ4v) is 2.51. The first kappa shape index (κ1) is 13.0. The zero-order chi connectivity index (χ0) is 13.9. The molecular formula is C15H17N3O2. The van der Waals surface area contributed by atoms with E-state index in [1.54, 1.807) is 13.3 Å². The lowest BCUT2D eigenvalue weighted by Gasteiger charge is -2.12. The summed E-state index contributed by atoms with van der Waals surface area (Å²) in [5.41, 5.74) is 1.67. The van der Waals surface area contributed by atoms with Crippen molar-refractivity contribution in [3.63, 3.8) is 0 Å². The normalized spacial score (nSPS) is 22.1. The molecule has 2 aromatic rings. The van der Waals surface area contributed by atoms with Crippen LogP contribution in [0.3, 0.4) is 0 Å². The van der Waals surface area contributed by atoms with Crippen molar-refractivity contribution in [2.24, 2.45) is 0 Å². The molecule has 20 heavy (non-hydrogen) atoms. The molecule has 1 saturated heterocycles. The van der Waals surface area contributed by atoms with Gasteiger partial charge >= 0.3 is 0 Å². The summed E-state index contributed by atoms with van der Waals surface area (Å²) in [7, 11) is 1.67. The van der Waals surface area contributed by atoms with Crippen molar-refractivity contribution < 1.29 is 9.53 Å². The molecule has 1 aromatic heterocycles. The molecule has 1 aliphatic rings. The van der Waals surface area contributed by atoms with Crippen molar-refractivity contribution in [3.8, 4) is 0 Å². The topological polar surface area (TPSA) is 63.2 Å². The number of anilines is 1. The maximum absolute atomic E-state index is 12.3. The van der Waals surface area contributed by atoms with Crippen molar-refractivity contribution >= 4 is 22.5 Å². The zero-order valence-corrected chi connectivity index (χ0v) is 11.3. The quantitative estimate of drug-likeness (QED) is 0.889. The second kappa shape index (κ2) is 5.56. The van der Waals surface area contributed by atoms with Crippen LogP contribution < -0.4 is 10.6 Å². The summed E-state index contributed by atoms with van der Waals surface area (Å²) in [6.07, 6.45) is 2.56. The fourth-order valence-electron chi connectivity index (χ4n) is 2.51. The number of carbonyl (C=O) groups is 1. The van der Waals surface area contributed by atoms with E-state index in [1.807, 2.05) is 30.3 Å². The number of carbonyl (C=O) groups excluding carboxylic acids is 1. The predicted octanol–water partition coefficient (Wildman–Crippen LogP) is 1.55. The molecule has 1 aromatic carbocycles. The highest BCUT2D eigenvalue weighted by molar-refractivity contribution is 6.02. The first-order chi connectivity index (χ1) is 9.78. The van der Waals surface area contributed by atoms with Gasteiger partial charge in [-0.05, 0) is 30.7 Å². The van der Waals surface area contributed by atoms with Gasteiger partial charge in [-0.15, -0.1) is 0 Å². The fraction of sp³-hybridized carbons (Fsp3) is 0.333. The van der Waals surface area contributed by atoms with Gasteiger partial charge in [0.2, 0.25) is 5.91 Å². The van der Waals surface area contributed by atoms with Crippen LogP contribution in [0.5, 0.6) is 0 Å². The van der Waals surface area contributed by atoms with Crippen LogP contribution in [0.15, 0.2) is 36.5 Å². The molecule has 0 radical (unpaired) electrons. The molecule has 5 nitrogen and oxygen atoms in total. The summed E-state index contributed by atoms with van der Waals surface area (Å²) in [6, 6.07) is 9.34. The Morgan fingerprint density at radius 2 is 2.30 bits per heavy atom. The molecular weight excluding hydrogens is 254 g/mol. The maximum atomic E-state index is 12.3. The largest absolute Gasteiger partial charge is 0.380 e. The van der Waals surface area contributed by atoms with E-state index >= 15 is 0 Å². The van der Waals surface area contributed by atoms with Gasteiger partial charge in [-0.25, -0.2) is 0 Å². The zero-order valence-electron chi connectivity index (χ0n) is 11.3. The van der Waals surface area contributed by atoms with Crippen molar-refractivity contribution in [1.29, 1.82) is 0 Å². The number of hydrogen-bond acceptors (Lipinski definition) is 4. The lowest BCUT2D eigenvalue weighted by Crippen LogP contribution is -2.35. The van der Waals surface area contributed by atoms with E-state index < -0.39 is 0 Å². The number of ether oxygens (including phenoxy) is 1. The molecule has 104 valence electrons. The highest BCUT2D eigenvalue weighted by Gasteiger charge is 2.29. The first-order valence-electron chi connectivity index (χ1n) is 6.68. The number of hydrogen-bond donors (Lipinski definition) is 2. The number of nitrogens with zero attached hydrogens (tertiary/aromatic N) is 1. The standard InChI is InChI=1S/C15H17N3O2/c1-20-10-8-14(17-9-10)15(19)18-13-6-2-5-12-11(13)4-3-7-16-12/h2-7,10,14,17H,8-9H2,1H3,(H,18,19). The van der Waals surface area contributed by atoms with Gasteiger partial charge < -0.3 is 15.4 Å². The number of rotatable bonds is 3. The minimum atomic E-state index is -0.202. The number of amides is 1. The van der Waals surface area contributed by atoms with E-state index in [1.165, 1.54) is 0 Å². The summed E-state index contributed by atoms with van der Waals surface area (Å²) in [6.45, 7) is 0.714. The molecule has 0 spiro atoms. The lowest BCUT2D eigenvalue weighted by atomic mass is 10.1. The highest BCUT2D eigenvalue weighted by atomic mass is 16.5. The van der Waals surface area contributed by atoms with Gasteiger partial charge in [-0.3, -0.25) is 9.78 Å². The van der Waals surface area contributed by atoms with Crippen LogP contribution in [0.1, 0.15) is 6.42 Å². The average molecular weight is 271 g/mol. The molecule has 1 amide bonds. The first-order valence-corrected chi connectivity index (χ1v) is 6.68. The molecule has 0 saturated carbocycles. The molecule has 1 fully saturated rings. The van der Waals surface area contributed by atoms with Gasteiger partial charge in [0.15, 0.2) is 0 Å². The Morgan fingerprint density at radius 3 is 3.10 bits per heavy atom. The number of fused-ring (bicyclic) bond motifs is 1. The third-order valence-corrected chi connectivity index (χ3v) is 3.64. The Bertz CT molecular complexity index is 624. The summed E-state index contributed by atoms with van der Waals surface area (Å²) >= 11 is 0. The average Bonchev–Trinajstić information content (AvgIpc) is 2.97. The molecule has 2 heterocycles. The van der Waals surface area contributed by atoms with Crippen molar-refractivity contribution in [2.75, 3.05) is 19.0 Å². The van der Waals surface area contributed by atoms with Crippen LogP contribution in [-0.4, -0.2) is 36.7 Å². The van der Waals surface area contributed by atoms with Gasteiger partial charge in [-0.2, -0.15) is 0 Å². The summed E-state index contributed by atoms with van der Waals surface area (Å²) in [5.74, 6) is -0.0269. The number of aromatic nitrogens is 1. The van der Waals surface area contributed by atoms with Gasteiger partial charge in [0, 0.05) is 25.2 Å². The van der Waals surface area contributed by atoms with Gasteiger partial charge in [-0.1, -0.05) is 6.07 Å². The molecule has 3 rings (SSSR count). The van der Waals surface area contributed by atoms with E-state index in [2.05, 4.69) is 15.6 Å². The Morgan fingerprint density at radius 1 is 1.40 bits per heavy atom. The molecule has 0 bridgehead atoms. The van der Waals surface area contributed by atoms with Gasteiger partial charge in [0.05, 0.1) is 23.3 Å². The molecule has 0 aliphatic carbocycles. The second-order valence-electron chi connectivity index (χ2n) is 4.92. The summed E-state index contributed by atoms with van der Waals surface area (Å²) in [4.78, 5) is 16.6. The minimum absolute atomic E-state index is 0.0269. The van der Waals surface area contributed by atoms with Crippen molar-refractivity contribution in [3.05, 3.63) is 36.5 Å². The number of nitrogens with one attached hydrogen (secondary N) is 2. The number of benzene rings is 1. The third-order valence-electron chi connectivity index (χ3n) is 3.64. The Kier molecular flexibility index (Phi) is 3.62. The van der Waals surface area contributed by atoms with Crippen LogP contribution in [-0.2, 0) is 9.53 Å². The predicted molar refractivity (Wildman–Crippen MR) is 77.6 cm³/mol. The number of methoxy groups -OCH3 is 1. The van der Waals surface area contributed by atoms with Gasteiger partial charge in [0.25, 0.3) is 0 Å². The van der Waals surface area contributed by atoms with Crippen molar-refractivity contribution in [2.45, 2.75) is 18.6 Å². The van der Waals surface area contributed by atoms with E-state index in [0.29, 0.717) is 13.0 Å². The van der Waals surface area contributed by atoms with Gasteiger partial charge in [0.1, 0.15) is 0 Å². The number of pyridine rings is 1. The smallest absolute Gasteiger partial charge is 0.241 e. The SMILES string of the molecule is COC1CNC(C(=O)Nc2cccc3ncccc23)C1. The van der Waals surface area contributed by atoms with Crippen LogP contribution in [0, 0.1) is 0 Å². The van der Waals surface area contributed by atoms with E-state index in [0.717, 1.165) is 16.6 Å². The minimum Gasteiger partial charge on any atom is -0.380 e. The third kappa shape index (κ3) is 2.50.